The van der Waals surface area contributed by atoms with Gasteiger partial charge in [0.25, 0.3) is 5.91 Å². The zero-order valence-corrected chi connectivity index (χ0v) is 20.6. The van der Waals surface area contributed by atoms with Crippen molar-refractivity contribution in [1.82, 2.24) is 9.80 Å². The van der Waals surface area contributed by atoms with Gasteiger partial charge in [0.15, 0.2) is 11.5 Å². The Bertz CT molecular complexity index is 1120. The summed E-state index contributed by atoms with van der Waals surface area (Å²) in [5.74, 6) is 1.22. The average Bonchev–Trinajstić information content (AvgIpc) is 2.86. The predicted molar refractivity (Wildman–Crippen MR) is 137 cm³/mol. The summed E-state index contributed by atoms with van der Waals surface area (Å²) >= 11 is 0. The number of allylic oxidation sites excluding steroid dienone is 8. The van der Waals surface area contributed by atoms with Crippen LogP contribution in [0.2, 0.25) is 0 Å². The van der Waals surface area contributed by atoms with E-state index in [1.165, 1.54) is 12.0 Å². The number of fused-ring (bicyclic) bond motifs is 1. The lowest BCUT2D eigenvalue weighted by molar-refractivity contribution is -0.122. The van der Waals surface area contributed by atoms with Crippen LogP contribution in [0, 0.1) is 0 Å². The molecule has 4 rings (SSSR count). The molecule has 1 amide bonds. The van der Waals surface area contributed by atoms with Crippen molar-refractivity contribution in [2.24, 2.45) is 0 Å². The largest absolute Gasteiger partial charge is 0.493 e. The number of nitrogens with zero attached hydrogens (tertiary/aromatic N) is 2. The Kier molecular flexibility index (Phi) is 7.53. The van der Waals surface area contributed by atoms with Gasteiger partial charge in [-0.15, -0.1) is 0 Å². The van der Waals surface area contributed by atoms with Crippen LogP contribution in [-0.4, -0.2) is 49.6 Å². The highest BCUT2D eigenvalue weighted by Gasteiger charge is 2.23. The SMILES string of the molecule is CCCN(C)C1CC=C(C2=CN3C(=O)/C=C(c4ccc(OC)c(OC)c4)\C=C\C=C3C=C2)CC1. The second-order valence-electron chi connectivity index (χ2n) is 8.88. The fraction of sp³-hybridized carbons (Fsp3) is 0.345. The number of benzene rings is 1. The fourth-order valence-electron chi connectivity index (χ4n) is 4.74. The standard InChI is InChI=1S/C29H34N2O3/c1-5-17-30(2)25-13-9-21(10-14-25)24-11-15-26-8-6-7-22(19-29(32)31(26)20-24)23-12-16-27(33-3)28(18-23)34-4/h6-9,11-12,15-16,18-20,25H,5,10,13-14,17H2,1-4H3/b7-6+,22-19+,26-8?. The van der Waals surface area contributed by atoms with Crippen LogP contribution in [-0.2, 0) is 4.79 Å². The van der Waals surface area contributed by atoms with Crippen LogP contribution >= 0.6 is 0 Å². The van der Waals surface area contributed by atoms with E-state index in [1.807, 2.05) is 48.7 Å². The van der Waals surface area contributed by atoms with E-state index in [-0.39, 0.29) is 5.91 Å². The number of carbonyl (C=O) groups excluding carboxylic acids is 1. The van der Waals surface area contributed by atoms with E-state index in [4.69, 9.17) is 9.47 Å². The molecule has 34 heavy (non-hydrogen) atoms. The van der Waals surface area contributed by atoms with Crippen molar-refractivity contribution in [2.75, 3.05) is 27.8 Å². The molecule has 5 heteroatoms. The topological polar surface area (TPSA) is 42.0 Å². The maximum atomic E-state index is 13.3. The third-order valence-corrected chi connectivity index (χ3v) is 6.71. The molecular weight excluding hydrogens is 424 g/mol. The molecule has 1 aliphatic carbocycles. The number of hydrogen-bond acceptors (Lipinski definition) is 4. The molecule has 0 N–H and O–H groups in total. The summed E-state index contributed by atoms with van der Waals surface area (Å²) < 4.78 is 10.8. The minimum absolute atomic E-state index is 0.0702. The zero-order chi connectivity index (χ0) is 24.1. The minimum Gasteiger partial charge on any atom is -0.493 e. The molecule has 1 unspecified atom stereocenters. The first-order chi connectivity index (χ1) is 16.5. The number of amides is 1. The Morgan fingerprint density at radius 1 is 1.09 bits per heavy atom. The molecule has 2 aliphatic heterocycles. The van der Waals surface area contributed by atoms with Crippen LogP contribution in [0.3, 0.4) is 0 Å². The van der Waals surface area contributed by atoms with Crippen molar-refractivity contribution in [1.29, 1.82) is 0 Å². The second-order valence-corrected chi connectivity index (χ2v) is 8.88. The number of carbonyl (C=O) groups is 1. The number of ether oxygens (including phenoxy) is 2. The Labute approximate surface area is 203 Å². The molecule has 1 aromatic carbocycles. The van der Waals surface area contributed by atoms with Crippen molar-refractivity contribution in [3.63, 3.8) is 0 Å². The Morgan fingerprint density at radius 2 is 1.91 bits per heavy atom. The molecular formula is C29H34N2O3. The van der Waals surface area contributed by atoms with Crippen molar-refractivity contribution in [3.05, 3.63) is 89.3 Å². The molecule has 178 valence electrons. The highest BCUT2D eigenvalue weighted by molar-refractivity contribution is 6.00. The van der Waals surface area contributed by atoms with Gasteiger partial charge in [0, 0.05) is 24.0 Å². The molecule has 0 bridgehead atoms. The van der Waals surface area contributed by atoms with E-state index in [0.29, 0.717) is 17.5 Å². The minimum atomic E-state index is -0.0702. The molecule has 1 atom stereocenters. The first-order valence-electron chi connectivity index (χ1n) is 12.0. The van der Waals surface area contributed by atoms with Gasteiger partial charge >= 0.3 is 0 Å². The summed E-state index contributed by atoms with van der Waals surface area (Å²) in [5, 5.41) is 0. The van der Waals surface area contributed by atoms with Crippen molar-refractivity contribution in [2.45, 2.75) is 38.6 Å². The molecule has 5 nitrogen and oxygen atoms in total. The lowest BCUT2D eigenvalue weighted by Crippen LogP contribution is -2.33. The van der Waals surface area contributed by atoms with Gasteiger partial charge in [0.1, 0.15) is 0 Å². The quantitative estimate of drug-likeness (QED) is 0.530. The van der Waals surface area contributed by atoms with Crippen LogP contribution in [0.5, 0.6) is 11.5 Å². The molecule has 0 fully saturated rings. The third kappa shape index (κ3) is 5.10. The van der Waals surface area contributed by atoms with Crippen molar-refractivity contribution in [3.8, 4) is 11.5 Å². The number of methoxy groups -OCH3 is 2. The van der Waals surface area contributed by atoms with Crippen molar-refractivity contribution < 1.29 is 14.3 Å². The lowest BCUT2D eigenvalue weighted by atomic mass is 9.89. The van der Waals surface area contributed by atoms with E-state index >= 15 is 0 Å². The maximum Gasteiger partial charge on any atom is 0.255 e. The Hall–Kier alpha value is -3.31. The Morgan fingerprint density at radius 3 is 2.62 bits per heavy atom. The molecule has 0 saturated carbocycles. The highest BCUT2D eigenvalue weighted by atomic mass is 16.5. The molecule has 0 radical (unpaired) electrons. The highest BCUT2D eigenvalue weighted by Crippen LogP contribution is 2.33. The summed E-state index contributed by atoms with van der Waals surface area (Å²) in [4.78, 5) is 17.5. The first kappa shape index (κ1) is 23.8. The smallest absolute Gasteiger partial charge is 0.255 e. The van der Waals surface area contributed by atoms with E-state index in [1.54, 1.807) is 25.2 Å². The molecule has 0 spiro atoms. The summed E-state index contributed by atoms with van der Waals surface area (Å²) in [6.45, 7) is 3.36. The van der Waals surface area contributed by atoms with Gasteiger partial charge < -0.3 is 14.4 Å². The van der Waals surface area contributed by atoms with E-state index in [2.05, 4.69) is 31.0 Å². The molecule has 0 aromatic heterocycles. The van der Waals surface area contributed by atoms with Crippen LogP contribution in [0.4, 0.5) is 0 Å². The van der Waals surface area contributed by atoms with Gasteiger partial charge in [0.05, 0.1) is 14.2 Å². The number of hydrogen-bond donors (Lipinski definition) is 0. The molecule has 3 aliphatic rings. The average molecular weight is 459 g/mol. The van der Waals surface area contributed by atoms with E-state index in [0.717, 1.165) is 48.2 Å². The van der Waals surface area contributed by atoms with Gasteiger partial charge in [-0.1, -0.05) is 37.3 Å². The van der Waals surface area contributed by atoms with Gasteiger partial charge in [-0.2, -0.15) is 0 Å². The van der Waals surface area contributed by atoms with Gasteiger partial charge in [-0.05, 0) is 85.8 Å². The summed E-state index contributed by atoms with van der Waals surface area (Å²) in [7, 11) is 5.45. The van der Waals surface area contributed by atoms with Crippen LogP contribution in [0.15, 0.2) is 83.8 Å². The summed E-state index contributed by atoms with van der Waals surface area (Å²) in [6.07, 6.45) is 20.5. The molecule has 1 aromatic rings. The molecule has 0 saturated heterocycles. The number of rotatable bonds is 7. The van der Waals surface area contributed by atoms with Crippen molar-refractivity contribution >= 4 is 11.5 Å². The molecule has 2 heterocycles. The summed E-state index contributed by atoms with van der Waals surface area (Å²) in [5.41, 5.74) is 5.03. The third-order valence-electron chi connectivity index (χ3n) is 6.71. The van der Waals surface area contributed by atoms with E-state index < -0.39 is 0 Å². The fourth-order valence-corrected chi connectivity index (χ4v) is 4.74. The van der Waals surface area contributed by atoms with Gasteiger partial charge in [-0.3, -0.25) is 9.69 Å². The van der Waals surface area contributed by atoms with Crippen LogP contribution in [0.1, 0.15) is 38.2 Å². The zero-order valence-electron chi connectivity index (χ0n) is 20.6. The first-order valence-corrected chi connectivity index (χ1v) is 12.0. The van der Waals surface area contributed by atoms with Gasteiger partial charge in [-0.25, -0.2) is 0 Å². The normalized spacial score (nSPS) is 22.6. The van der Waals surface area contributed by atoms with E-state index in [9.17, 15) is 4.79 Å². The predicted octanol–water partition coefficient (Wildman–Crippen LogP) is 5.64. The Balaban J connectivity index is 1.57. The van der Waals surface area contributed by atoms with Crippen LogP contribution < -0.4 is 9.47 Å². The lowest BCUT2D eigenvalue weighted by Gasteiger charge is -2.32. The van der Waals surface area contributed by atoms with Gasteiger partial charge in [0.2, 0.25) is 0 Å². The monoisotopic (exact) mass is 458 g/mol. The second kappa shape index (κ2) is 10.7. The van der Waals surface area contributed by atoms with Crippen LogP contribution in [0.25, 0.3) is 5.57 Å². The maximum absolute atomic E-state index is 13.3. The summed E-state index contributed by atoms with van der Waals surface area (Å²) in [6, 6.07) is 6.29.